The van der Waals surface area contributed by atoms with Crippen LogP contribution in [0.4, 0.5) is 5.82 Å². The molecule has 0 bridgehead atoms. The third kappa shape index (κ3) is 3.44. The van der Waals surface area contributed by atoms with Gasteiger partial charge in [-0.05, 0) is 49.7 Å². The molecule has 1 aromatic heterocycles. The molecule has 7 heteroatoms. The summed E-state index contributed by atoms with van der Waals surface area (Å²) in [6, 6.07) is 1.63. The van der Waals surface area contributed by atoms with Crippen LogP contribution in [0.15, 0.2) is 16.7 Å². The van der Waals surface area contributed by atoms with Gasteiger partial charge in [0.05, 0.1) is 15.7 Å². The summed E-state index contributed by atoms with van der Waals surface area (Å²) in [5.74, 6) is 0.340. The van der Waals surface area contributed by atoms with Crippen molar-refractivity contribution in [3.05, 3.63) is 16.7 Å². The average molecular weight is 317 g/mol. The second-order valence-corrected chi connectivity index (χ2v) is 6.03. The van der Waals surface area contributed by atoms with Gasteiger partial charge >= 0.3 is 7.12 Å². The highest BCUT2D eigenvalue weighted by Crippen LogP contribution is 2.25. The van der Waals surface area contributed by atoms with Crippen molar-refractivity contribution >= 4 is 34.3 Å². The first-order valence-corrected chi connectivity index (χ1v) is 6.33. The number of rotatable bonds is 4. The molecule has 5 nitrogen and oxygen atoms in total. The second kappa shape index (κ2) is 5.17. The van der Waals surface area contributed by atoms with Gasteiger partial charge in [-0.25, -0.2) is 4.98 Å². The molecule has 4 N–H and O–H groups in total. The molecule has 0 saturated carbocycles. The van der Waals surface area contributed by atoms with E-state index in [2.05, 4.69) is 20.9 Å². The highest BCUT2D eigenvalue weighted by atomic mass is 79.9. The monoisotopic (exact) mass is 316 g/mol. The van der Waals surface area contributed by atoms with Gasteiger partial charge in [0.15, 0.2) is 0 Å². The molecule has 0 aliphatic carbocycles. The highest BCUT2D eigenvalue weighted by molar-refractivity contribution is 9.10. The van der Waals surface area contributed by atoms with Gasteiger partial charge in [-0.15, -0.1) is 0 Å². The molecule has 0 aliphatic heterocycles. The molecule has 1 aromatic rings. The van der Waals surface area contributed by atoms with Crippen molar-refractivity contribution in [2.24, 2.45) is 0 Å². The Labute approximate surface area is 116 Å². The Hall–Kier alpha value is -0.625. The van der Waals surface area contributed by atoms with Crippen LogP contribution in [0.2, 0.25) is 0 Å². The van der Waals surface area contributed by atoms with Crippen LogP contribution in [-0.2, 0) is 4.65 Å². The molecule has 0 atom stereocenters. The van der Waals surface area contributed by atoms with Gasteiger partial charge in [0.25, 0.3) is 0 Å². The number of nitrogens with two attached hydrogens (primary N) is 1. The van der Waals surface area contributed by atoms with Gasteiger partial charge in [-0.2, -0.15) is 0 Å². The Kier molecular flexibility index (Phi) is 4.43. The summed E-state index contributed by atoms with van der Waals surface area (Å²) in [6.45, 7) is 6.65. The van der Waals surface area contributed by atoms with Crippen molar-refractivity contribution in [3.8, 4) is 0 Å². The first-order valence-electron chi connectivity index (χ1n) is 5.54. The lowest BCUT2D eigenvalue weighted by Gasteiger charge is -2.38. The Morgan fingerprint density at radius 3 is 2.39 bits per heavy atom. The molecule has 1 heterocycles. The quantitative estimate of drug-likeness (QED) is 0.711. The molecule has 0 radical (unpaired) electrons. The Balaban J connectivity index is 2.89. The molecule has 0 saturated heterocycles. The number of pyridine rings is 1. The first-order chi connectivity index (χ1) is 8.04. The van der Waals surface area contributed by atoms with Crippen LogP contribution >= 0.6 is 15.9 Å². The predicted molar refractivity (Wildman–Crippen MR) is 75.4 cm³/mol. The molecule has 0 aliphatic rings. The standard InChI is InChI=1S/C11H18BBrN2O3/c1-10(2,16)11(3,4)18-12(17)7-5-8(13)9(14)15-6-7/h5-6,16-17H,1-4H3,(H2,14,15). The summed E-state index contributed by atoms with van der Waals surface area (Å²) >= 11 is 3.23. The minimum Gasteiger partial charge on any atom is -0.423 e. The number of hydrogen-bond acceptors (Lipinski definition) is 5. The van der Waals surface area contributed by atoms with Gasteiger partial charge in [0, 0.05) is 11.7 Å². The fourth-order valence-electron chi connectivity index (χ4n) is 1.09. The fraction of sp³-hybridized carbons (Fsp3) is 0.545. The van der Waals surface area contributed by atoms with E-state index in [1.165, 1.54) is 6.20 Å². The summed E-state index contributed by atoms with van der Waals surface area (Å²) in [7, 11) is -1.18. The third-order valence-corrected chi connectivity index (χ3v) is 3.69. The number of nitrogens with zero attached hydrogens (tertiary/aromatic N) is 1. The zero-order valence-electron chi connectivity index (χ0n) is 10.9. The van der Waals surface area contributed by atoms with Crippen LogP contribution in [0.25, 0.3) is 0 Å². The van der Waals surface area contributed by atoms with Gasteiger partial charge < -0.3 is 20.5 Å². The lowest BCUT2D eigenvalue weighted by atomic mass is 9.77. The lowest BCUT2D eigenvalue weighted by Crippen LogP contribution is -2.53. The average Bonchev–Trinajstić information content (AvgIpc) is 2.19. The van der Waals surface area contributed by atoms with Crippen LogP contribution in [0.5, 0.6) is 0 Å². The molecule has 100 valence electrons. The Morgan fingerprint density at radius 1 is 1.39 bits per heavy atom. The zero-order valence-corrected chi connectivity index (χ0v) is 12.5. The summed E-state index contributed by atoms with van der Waals surface area (Å²) in [4.78, 5) is 3.92. The molecule has 0 spiro atoms. The van der Waals surface area contributed by atoms with E-state index in [1.807, 2.05) is 0 Å². The van der Waals surface area contributed by atoms with Crippen molar-refractivity contribution in [2.45, 2.75) is 38.9 Å². The summed E-state index contributed by atoms with van der Waals surface area (Å²) in [5, 5.41) is 20.0. The number of aromatic nitrogens is 1. The normalized spacial score (nSPS) is 12.6. The predicted octanol–water partition coefficient (Wildman–Crippen LogP) is 0.680. The summed E-state index contributed by atoms with van der Waals surface area (Å²) in [5.41, 5.74) is 4.02. The Bertz CT molecular complexity index is 435. The van der Waals surface area contributed by atoms with Crippen LogP contribution < -0.4 is 11.2 Å². The minimum atomic E-state index is -1.18. The third-order valence-electron chi connectivity index (χ3n) is 3.06. The SMILES string of the molecule is CC(C)(O)C(C)(C)OB(O)c1cnc(N)c(Br)c1. The van der Waals surface area contributed by atoms with Gasteiger partial charge in [0.1, 0.15) is 5.82 Å². The number of halogens is 1. The lowest BCUT2D eigenvalue weighted by molar-refractivity contribution is -0.0982. The maximum Gasteiger partial charge on any atom is 0.493 e. The van der Waals surface area contributed by atoms with E-state index in [1.54, 1.807) is 33.8 Å². The van der Waals surface area contributed by atoms with E-state index < -0.39 is 18.3 Å². The molecular weight excluding hydrogens is 299 g/mol. The van der Waals surface area contributed by atoms with Gasteiger partial charge in [-0.3, -0.25) is 0 Å². The smallest absolute Gasteiger partial charge is 0.423 e. The van der Waals surface area contributed by atoms with E-state index in [4.69, 9.17) is 10.4 Å². The minimum absolute atomic E-state index is 0.340. The fourth-order valence-corrected chi connectivity index (χ4v) is 1.46. The maximum absolute atomic E-state index is 10.00. The molecule has 0 fully saturated rings. The maximum atomic E-state index is 10.00. The van der Waals surface area contributed by atoms with Crippen molar-refractivity contribution in [3.63, 3.8) is 0 Å². The zero-order chi connectivity index (χ0) is 14.1. The number of hydrogen-bond donors (Lipinski definition) is 3. The Morgan fingerprint density at radius 2 is 1.94 bits per heavy atom. The van der Waals surface area contributed by atoms with E-state index in [0.717, 1.165) is 0 Å². The molecule has 0 amide bonds. The number of aliphatic hydroxyl groups is 1. The number of anilines is 1. The van der Waals surface area contributed by atoms with E-state index >= 15 is 0 Å². The van der Waals surface area contributed by atoms with E-state index in [9.17, 15) is 10.1 Å². The topological polar surface area (TPSA) is 88.6 Å². The molecule has 18 heavy (non-hydrogen) atoms. The van der Waals surface area contributed by atoms with Gasteiger partial charge in [-0.1, -0.05) is 0 Å². The first kappa shape index (κ1) is 15.4. The highest BCUT2D eigenvalue weighted by Gasteiger charge is 2.39. The second-order valence-electron chi connectivity index (χ2n) is 5.18. The van der Waals surface area contributed by atoms with E-state index in [-0.39, 0.29) is 0 Å². The summed E-state index contributed by atoms with van der Waals surface area (Å²) in [6.07, 6.45) is 1.44. The molecule has 0 unspecified atom stereocenters. The largest absolute Gasteiger partial charge is 0.493 e. The van der Waals surface area contributed by atoms with Crippen LogP contribution in [-0.4, -0.2) is 33.4 Å². The molecule has 1 rings (SSSR count). The van der Waals surface area contributed by atoms with Crippen LogP contribution in [0.3, 0.4) is 0 Å². The molecule has 0 aromatic carbocycles. The van der Waals surface area contributed by atoms with Crippen molar-refractivity contribution < 1.29 is 14.8 Å². The van der Waals surface area contributed by atoms with Gasteiger partial charge in [0.2, 0.25) is 0 Å². The van der Waals surface area contributed by atoms with E-state index in [0.29, 0.717) is 15.8 Å². The van der Waals surface area contributed by atoms with Crippen molar-refractivity contribution in [1.29, 1.82) is 0 Å². The number of nitrogen functional groups attached to an aromatic ring is 1. The van der Waals surface area contributed by atoms with Crippen molar-refractivity contribution in [2.75, 3.05) is 5.73 Å². The van der Waals surface area contributed by atoms with Crippen LogP contribution in [0, 0.1) is 0 Å². The summed E-state index contributed by atoms with van der Waals surface area (Å²) < 4.78 is 6.07. The van der Waals surface area contributed by atoms with Crippen LogP contribution in [0.1, 0.15) is 27.7 Å². The molecular formula is C11H18BBrN2O3. The van der Waals surface area contributed by atoms with Crippen molar-refractivity contribution in [1.82, 2.24) is 4.98 Å².